The number of carbonyl (C=O) groups excluding carboxylic acids is 2. The van der Waals surface area contributed by atoms with Crippen LogP contribution < -0.4 is 0 Å². The third kappa shape index (κ3) is 13.3. The molecule has 1 unspecified atom stereocenters. The van der Waals surface area contributed by atoms with Crippen molar-refractivity contribution < 1.29 is 19.1 Å². The van der Waals surface area contributed by atoms with Gasteiger partial charge >= 0.3 is 11.9 Å². The largest absolute Gasteiger partial charge is 0.466 e. The molecule has 4 nitrogen and oxygen atoms in total. The zero-order chi connectivity index (χ0) is 20.5. The molecule has 0 heterocycles. The van der Waals surface area contributed by atoms with E-state index in [1.165, 1.54) is 37.7 Å². The van der Waals surface area contributed by atoms with Crippen molar-refractivity contribution in [1.29, 1.82) is 0 Å². The Bertz CT molecular complexity index is 527. The molecule has 0 bridgehead atoms. The van der Waals surface area contributed by atoms with Gasteiger partial charge in [-0.05, 0) is 44.6 Å². The molecule has 0 aliphatic rings. The molecule has 28 heavy (non-hydrogen) atoms. The highest BCUT2D eigenvalue weighted by Gasteiger charge is 2.11. The second kappa shape index (κ2) is 16.1. The van der Waals surface area contributed by atoms with Gasteiger partial charge in [0.05, 0.1) is 12.7 Å². The lowest BCUT2D eigenvalue weighted by Gasteiger charge is -2.13. The predicted molar refractivity (Wildman–Crippen MR) is 113 cm³/mol. The first-order chi connectivity index (χ1) is 13.6. The van der Waals surface area contributed by atoms with Crippen LogP contribution >= 0.6 is 0 Å². The van der Waals surface area contributed by atoms with Gasteiger partial charge in [0, 0.05) is 12.8 Å². The van der Waals surface area contributed by atoms with Gasteiger partial charge in [-0.3, -0.25) is 9.59 Å². The van der Waals surface area contributed by atoms with E-state index >= 15 is 0 Å². The SMILES string of the molecule is CCCCCCCCC(C)OC(=O)CCCC(=O)OCCCc1ccccc1. The molecule has 0 radical (unpaired) electrons. The summed E-state index contributed by atoms with van der Waals surface area (Å²) in [6, 6.07) is 10.1. The lowest BCUT2D eigenvalue weighted by atomic mass is 10.1. The summed E-state index contributed by atoms with van der Waals surface area (Å²) in [5.41, 5.74) is 1.25. The van der Waals surface area contributed by atoms with Crippen LogP contribution in [0.4, 0.5) is 0 Å². The number of ether oxygens (including phenoxy) is 2. The number of hydrogen-bond donors (Lipinski definition) is 0. The van der Waals surface area contributed by atoms with E-state index in [1.807, 2.05) is 25.1 Å². The third-order valence-electron chi connectivity index (χ3n) is 4.77. The fraction of sp³-hybridized carbons (Fsp3) is 0.667. The maximum absolute atomic E-state index is 11.9. The number of esters is 2. The van der Waals surface area contributed by atoms with Crippen LogP contribution in [0.1, 0.15) is 90.0 Å². The summed E-state index contributed by atoms with van der Waals surface area (Å²) in [7, 11) is 0. The van der Waals surface area contributed by atoms with E-state index in [2.05, 4.69) is 19.1 Å². The lowest BCUT2D eigenvalue weighted by molar-refractivity contribution is -0.149. The van der Waals surface area contributed by atoms with E-state index in [0.717, 1.165) is 25.7 Å². The van der Waals surface area contributed by atoms with E-state index in [9.17, 15) is 9.59 Å². The molecule has 0 aliphatic heterocycles. The highest BCUT2D eigenvalue weighted by atomic mass is 16.5. The van der Waals surface area contributed by atoms with Crippen LogP contribution in [-0.2, 0) is 25.5 Å². The van der Waals surface area contributed by atoms with Crippen LogP contribution in [0.25, 0.3) is 0 Å². The molecule has 0 amide bonds. The smallest absolute Gasteiger partial charge is 0.306 e. The number of hydrogen-bond acceptors (Lipinski definition) is 4. The highest BCUT2D eigenvalue weighted by Crippen LogP contribution is 2.11. The number of benzene rings is 1. The van der Waals surface area contributed by atoms with E-state index in [0.29, 0.717) is 13.0 Å². The Morgan fingerprint density at radius 2 is 1.54 bits per heavy atom. The standard InChI is InChI=1S/C24H38O4/c1-3-4-5-6-7-9-14-21(2)28-24(26)19-12-18-23(25)27-20-13-17-22-15-10-8-11-16-22/h8,10-11,15-16,21H,3-7,9,12-14,17-20H2,1-2H3. The summed E-state index contributed by atoms with van der Waals surface area (Å²) in [6.45, 7) is 4.59. The molecular formula is C24H38O4. The van der Waals surface area contributed by atoms with Gasteiger partial charge in [0.2, 0.25) is 0 Å². The first-order valence-corrected chi connectivity index (χ1v) is 11.0. The van der Waals surface area contributed by atoms with Gasteiger partial charge in [-0.15, -0.1) is 0 Å². The maximum Gasteiger partial charge on any atom is 0.306 e. The van der Waals surface area contributed by atoms with Crippen LogP contribution in [0.2, 0.25) is 0 Å². The average Bonchev–Trinajstić information content (AvgIpc) is 2.68. The van der Waals surface area contributed by atoms with Crippen LogP contribution in [0.15, 0.2) is 30.3 Å². The summed E-state index contributed by atoms with van der Waals surface area (Å²) < 4.78 is 10.6. The Hall–Kier alpha value is -1.84. The highest BCUT2D eigenvalue weighted by molar-refractivity contribution is 5.72. The van der Waals surface area contributed by atoms with Gasteiger partial charge in [-0.25, -0.2) is 0 Å². The first-order valence-electron chi connectivity index (χ1n) is 11.0. The van der Waals surface area contributed by atoms with Crippen molar-refractivity contribution in [1.82, 2.24) is 0 Å². The summed E-state index contributed by atoms with van der Waals surface area (Å²) >= 11 is 0. The Morgan fingerprint density at radius 3 is 2.29 bits per heavy atom. The van der Waals surface area contributed by atoms with Gasteiger partial charge in [0.15, 0.2) is 0 Å². The van der Waals surface area contributed by atoms with Crippen molar-refractivity contribution in [2.75, 3.05) is 6.61 Å². The number of rotatable bonds is 16. The van der Waals surface area contributed by atoms with E-state index in [4.69, 9.17) is 9.47 Å². The molecular weight excluding hydrogens is 352 g/mol. The van der Waals surface area contributed by atoms with Crippen LogP contribution in [0, 0.1) is 0 Å². The van der Waals surface area contributed by atoms with Gasteiger partial charge in [0.1, 0.15) is 0 Å². The maximum atomic E-state index is 11.9. The number of aryl methyl sites for hydroxylation is 1. The predicted octanol–water partition coefficient (Wildman–Crippen LogP) is 6.02. The number of unbranched alkanes of at least 4 members (excludes halogenated alkanes) is 5. The molecule has 1 rings (SSSR count). The Morgan fingerprint density at radius 1 is 0.857 bits per heavy atom. The molecule has 0 saturated carbocycles. The van der Waals surface area contributed by atoms with Crippen molar-refractivity contribution in [3.63, 3.8) is 0 Å². The fourth-order valence-corrected chi connectivity index (χ4v) is 3.11. The minimum atomic E-state index is -0.235. The van der Waals surface area contributed by atoms with E-state index in [1.54, 1.807) is 0 Å². The van der Waals surface area contributed by atoms with Gasteiger partial charge in [-0.2, -0.15) is 0 Å². The normalized spacial score (nSPS) is 11.8. The van der Waals surface area contributed by atoms with Gasteiger partial charge < -0.3 is 9.47 Å². The molecule has 1 atom stereocenters. The minimum absolute atomic E-state index is 0.0383. The van der Waals surface area contributed by atoms with Crippen LogP contribution in [0.5, 0.6) is 0 Å². The van der Waals surface area contributed by atoms with Crippen LogP contribution in [-0.4, -0.2) is 24.6 Å². The monoisotopic (exact) mass is 390 g/mol. The second-order valence-corrected chi connectivity index (χ2v) is 7.52. The summed E-state index contributed by atoms with van der Waals surface area (Å²) in [5, 5.41) is 0. The summed E-state index contributed by atoms with van der Waals surface area (Å²) in [6.07, 6.45) is 11.1. The molecule has 0 aromatic heterocycles. The topological polar surface area (TPSA) is 52.6 Å². The molecule has 0 fully saturated rings. The summed E-state index contributed by atoms with van der Waals surface area (Å²) in [5.74, 6) is -0.448. The molecule has 158 valence electrons. The number of carbonyl (C=O) groups is 2. The lowest BCUT2D eigenvalue weighted by Crippen LogP contribution is -2.15. The third-order valence-corrected chi connectivity index (χ3v) is 4.77. The van der Waals surface area contributed by atoms with E-state index in [-0.39, 0.29) is 30.9 Å². The zero-order valence-electron chi connectivity index (χ0n) is 17.8. The molecule has 0 N–H and O–H groups in total. The molecule has 0 aliphatic carbocycles. The Labute approximate surface area is 171 Å². The molecule has 0 spiro atoms. The minimum Gasteiger partial charge on any atom is -0.466 e. The average molecular weight is 391 g/mol. The fourth-order valence-electron chi connectivity index (χ4n) is 3.11. The van der Waals surface area contributed by atoms with Crippen molar-refractivity contribution in [2.24, 2.45) is 0 Å². The van der Waals surface area contributed by atoms with E-state index < -0.39 is 0 Å². The Kier molecular flexibility index (Phi) is 14.0. The quantitative estimate of drug-likeness (QED) is 0.256. The molecule has 4 heteroatoms. The molecule has 1 aromatic carbocycles. The van der Waals surface area contributed by atoms with Crippen molar-refractivity contribution in [3.05, 3.63) is 35.9 Å². The van der Waals surface area contributed by atoms with Gasteiger partial charge in [0.25, 0.3) is 0 Å². The summed E-state index contributed by atoms with van der Waals surface area (Å²) in [4.78, 5) is 23.6. The van der Waals surface area contributed by atoms with Crippen molar-refractivity contribution in [3.8, 4) is 0 Å². The van der Waals surface area contributed by atoms with Crippen LogP contribution in [0.3, 0.4) is 0 Å². The zero-order valence-corrected chi connectivity index (χ0v) is 17.8. The van der Waals surface area contributed by atoms with Crippen molar-refractivity contribution in [2.45, 2.75) is 97.0 Å². The second-order valence-electron chi connectivity index (χ2n) is 7.52. The first kappa shape index (κ1) is 24.2. The molecule has 1 aromatic rings. The van der Waals surface area contributed by atoms with Gasteiger partial charge in [-0.1, -0.05) is 69.4 Å². The molecule has 0 saturated heterocycles. The van der Waals surface area contributed by atoms with Crippen molar-refractivity contribution >= 4 is 11.9 Å². The Balaban J connectivity index is 1.97.